The summed E-state index contributed by atoms with van der Waals surface area (Å²) < 4.78 is 10.4. The summed E-state index contributed by atoms with van der Waals surface area (Å²) in [5, 5.41) is 13.7. The molecule has 0 spiro atoms. The van der Waals surface area contributed by atoms with Gasteiger partial charge in [-0.2, -0.15) is 0 Å². The van der Waals surface area contributed by atoms with E-state index >= 15 is 0 Å². The summed E-state index contributed by atoms with van der Waals surface area (Å²) in [6.07, 6.45) is 2.44. The third kappa shape index (κ3) is 10.7. The highest BCUT2D eigenvalue weighted by Gasteiger charge is 2.34. The minimum absolute atomic E-state index is 0.242. The van der Waals surface area contributed by atoms with Gasteiger partial charge in [-0.25, -0.2) is 0 Å². The van der Waals surface area contributed by atoms with Crippen molar-refractivity contribution in [2.75, 3.05) is 85.3 Å². The molecule has 0 unspecified atom stereocenters. The SMILES string of the molecule is C1CNCCNCCCNCCNC1.CCOCCOCCN1C(=O)c2ccccc2C1=O. The number of amides is 2. The fraction of sp³-hybridized carbons (Fsp3) is 0.667. The van der Waals surface area contributed by atoms with Crippen molar-refractivity contribution in [3.05, 3.63) is 35.4 Å². The van der Waals surface area contributed by atoms with E-state index in [1.165, 1.54) is 17.7 Å². The first kappa shape index (κ1) is 27.4. The molecule has 9 heteroatoms. The monoisotopic (exact) mass is 463 g/mol. The topological polar surface area (TPSA) is 104 Å². The second-order valence-corrected chi connectivity index (χ2v) is 7.82. The first-order valence-corrected chi connectivity index (χ1v) is 12.2. The van der Waals surface area contributed by atoms with Gasteiger partial charge in [-0.15, -0.1) is 0 Å². The van der Waals surface area contributed by atoms with Crippen LogP contribution in [0.25, 0.3) is 0 Å². The Labute approximate surface area is 198 Å². The van der Waals surface area contributed by atoms with Crippen LogP contribution in [0.4, 0.5) is 0 Å². The number of fused-ring (bicyclic) bond motifs is 1. The average molecular weight is 464 g/mol. The van der Waals surface area contributed by atoms with Crippen molar-refractivity contribution in [2.45, 2.75) is 19.8 Å². The van der Waals surface area contributed by atoms with Crippen LogP contribution in [0.3, 0.4) is 0 Å². The molecule has 3 rings (SSSR count). The molecule has 1 saturated heterocycles. The van der Waals surface area contributed by atoms with Crippen molar-refractivity contribution in [1.29, 1.82) is 0 Å². The molecule has 2 aliphatic heterocycles. The van der Waals surface area contributed by atoms with Gasteiger partial charge in [-0.05, 0) is 58.1 Å². The number of nitrogens with one attached hydrogen (secondary N) is 4. The van der Waals surface area contributed by atoms with Crippen LogP contribution in [0.15, 0.2) is 24.3 Å². The van der Waals surface area contributed by atoms with Gasteiger partial charge < -0.3 is 30.7 Å². The van der Waals surface area contributed by atoms with Gasteiger partial charge in [0.2, 0.25) is 0 Å². The molecule has 2 amide bonds. The highest BCUT2D eigenvalue weighted by Crippen LogP contribution is 2.21. The second-order valence-electron chi connectivity index (χ2n) is 7.82. The van der Waals surface area contributed by atoms with Crippen LogP contribution in [-0.2, 0) is 9.47 Å². The Kier molecular flexibility index (Phi) is 14.6. The zero-order valence-electron chi connectivity index (χ0n) is 20.0. The summed E-state index contributed by atoms with van der Waals surface area (Å²) in [7, 11) is 0. The van der Waals surface area contributed by atoms with Crippen molar-refractivity contribution in [3.8, 4) is 0 Å². The summed E-state index contributed by atoms with van der Waals surface area (Å²) in [6.45, 7) is 13.0. The summed E-state index contributed by atoms with van der Waals surface area (Å²) in [5.74, 6) is -0.483. The molecule has 2 aliphatic rings. The van der Waals surface area contributed by atoms with Gasteiger partial charge in [-0.1, -0.05) is 12.1 Å². The molecule has 186 valence electrons. The molecular formula is C24H41N5O4. The fourth-order valence-corrected chi connectivity index (χ4v) is 3.49. The standard InChI is InChI=1S/C14H17NO4.C10H24N4/c1-2-18-9-10-19-8-7-15-13(16)11-5-3-4-6-12(11)14(15)17;1-3-11-7-9-13-5-2-6-14-10-8-12-4-1/h3-6H,2,7-10H2,1H3;11-14H,1-10H2. The van der Waals surface area contributed by atoms with Gasteiger partial charge in [0.1, 0.15) is 0 Å². The summed E-state index contributed by atoms with van der Waals surface area (Å²) in [6, 6.07) is 6.86. The predicted molar refractivity (Wildman–Crippen MR) is 130 cm³/mol. The molecule has 1 aromatic carbocycles. The lowest BCUT2D eigenvalue weighted by atomic mass is 10.1. The number of carbonyl (C=O) groups excluding carboxylic acids is 2. The predicted octanol–water partition coefficient (Wildman–Crippen LogP) is 0.474. The first-order valence-electron chi connectivity index (χ1n) is 12.2. The molecule has 1 aromatic rings. The molecule has 4 N–H and O–H groups in total. The number of benzene rings is 1. The lowest BCUT2D eigenvalue weighted by Crippen LogP contribution is -2.34. The van der Waals surface area contributed by atoms with Crippen LogP contribution >= 0.6 is 0 Å². The molecule has 0 aromatic heterocycles. The first-order chi connectivity index (χ1) is 16.3. The van der Waals surface area contributed by atoms with Gasteiger partial charge in [-0.3, -0.25) is 14.5 Å². The number of ether oxygens (including phenoxy) is 2. The maximum Gasteiger partial charge on any atom is 0.261 e. The van der Waals surface area contributed by atoms with Gasteiger partial charge >= 0.3 is 0 Å². The van der Waals surface area contributed by atoms with Crippen LogP contribution in [0, 0.1) is 0 Å². The number of imide groups is 1. The van der Waals surface area contributed by atoms with Crippen LogP contribution < -0.4 is 21.3 Å². The lowest BCUT2D eigenvalue weighted by molar-refractivity contribution is 0.0384. The quantitative estimate of drug-likeness (QED) is 0.342. The lowest BCUT2D eigenvalue weighted by Gasteiger charge is -2.13. The highest BCUT2D eigenvalue weighted by molar-refractivity contribution is 6.21. The van der Waals surface area contributed by atoms with Crippen LogP contribution in [0.2, 0.25) is 0 Å². The van der Waals surface area contributed by atoms with Crippen LogP contribution in [-0.4, -0.2) is 102 Å². The van der Waals surface area contributed by atoms with E-state index in [9.17, 15) is 9.59 Å². The molecule has 0 radical (unpaired) electrons. The molecule has 0 bridgehead atoms. The molecule has 9 nitrogen and oxygen atoms in total. The Morgan fingerprint density at radius 2 is 1.15 bits per heavy atom. The van der Waals surface area contributed by atoms with E-state index in [-0.39, 0.29) is 18.4 Å². The van der Waals surface area contributed by atoms with Crippen LogP contribution in [0.5, 0.6) is 0 Å². The Morgan fingerprint density at radius 3 is 1.61 bits per heavy atom. The van der Waals surface area contributed by atoms with E-state index in [0.717, 1.165) is 52.4 Å². The number of nitrogens with zero attached hydrogens (tertiary/aromatic N) is 1. The minimum atomic E-state index is -0.242. The Bertz CT molecular complexity index is 600. The van der Waals surface area contributed by atoms with Crippen molar-refractivity contribution >= 4 is 11.8 Å². The third-order valence-corrected chi connectivity index (χ3v) is 5.28. The molecule has 0 saturated carbocycles. The van der Waals surface area contributed by atoms with Gasteiger partial charge in [0.05, 0.1) is 37.5 Å². The number of hydrogen-bond acceptors (Lipinski definition) is 8. The Morgan fingerprint density at radius 1 is 0.697 bits per heavy atom. The van der Waals surface area contributed by atoms with Crippen molar-refractivity contribution in [1.82, 2.24) is 26.2 Å². The maximum absolute atomic E-state index is 12.0. The molecule has 0 atom stereocenters. The van der Waals surface area contributed by atoms with Gasteiger partial charge in [0.15, 0.2) is 0 Å². The largest absolute Gasteiger partial charge is 0.379 e. The molecular weight excluding hydrogens is 422 g/mol. The average Bonchev–Trinajstić information content (AvgIpc) is 3.08. The minimum Gasteiger partial charge on any atom is -0.379 e. The fourth-order valence-electron chi connectivity index (χ4n) is 3.49. The highest BCUT2D eigenvalue weighted by atomic mass is 16.5. The van der Waals surface area contributed by atoms with Crippen molar-refractivity contribution < 1.29 is 19.1 Å². The Balaban J connectivity index is 0.000000245. The second kappa shape index (κ2) is 17.6. The zero-order valence-corrected chi connectivity index (χ0v) is 20.0. The summed E-state index contributed by atoms with van der Waals surface area (Å²) >= 11 is 0. The summed E-state index contributed by atoms with van der Waals surface area (Å²) in [5.41, 5.74) is 0.948. The van der Waals surface area contributed by atoms with E-state index in [2.05, 4.69) is 21.3 Å². The molecule has 2 heterocycles. The maximum atomic E-state index is 12.0. The third-order valence-electron chi connectivity index (χ3n) is 5.28. The van der Waals surface area contributed by atoms with E-state index in [1.807, 2.05) is 6.92 Å². The van der Waals surface area contributed by atoms with Gasteiger partial charge in [0, 0.05) is 32.8 Å². The van der Waals surface area contributed by atoms with Crippen LogP contribution in [0.1, 0.15) is 40.5 Å². The summed E-state index contributed by atoms with van der Waals surface area (Å²) in [4.78, 5) is 25.2. The normalized spacial score (nSPS) is 18.3. The van der Waals surface area contributed by atoms with E-state index < -0.39 is 0 Å². The van der Waals surface area contributed by atoms with Crippen molar-refractivity contribution in [2.24, 2.45) is 0 Å². The number of rotatable bonds is 7. The molecule has 33 heavy (non-hydrogen) atoms. The van der Waals surface area contributed by atoms with E-state index in [0.29, 0.717) is 37.6 Å². The number of hydrogen-bond donors (Lipinski definition) is 4. The van der Waals surface area contributed by atoms with Crippen molar-refractivity contribution in [3.63, 3.8) is 0 Å². The number of carbonyl (C=O) groups is 2. The molecule has 1 fully saturated rings. The smallest absolute Gasteiger partial charge is 0.261 e. The van der Waals surface area contributed by atoms with Gasteiger partial charge in [0.25, 0.3) is 11.8 Å². The van der Waals surface area contributed by atoms with E-state index in [1.54, 1.807) is 24.3 Å². The zero-order chi connectivity index (χ0) is 23.6. The molecule has 0 aliphatic carbocycles. The Hall–Kier alpha value is -1.88. The van der Waals surface area contributed by atoms with E-state index in [4.69, 9.17) is 9.47 Å².